The third-order valence-electron chi connectivity index (χ3n) is 10.0. The minimum Gasteiger partial charge on any atom is -0.464 e. The van der Waals surface area contributed by atoms with Crippen LogP contribution in [0.2, 0.25) is 0 Å². The van der Waals surface area contributed by atoms with Gasteiger partial charge in [-0.1, -0.05) is 51.7 Å². The van der Waals surface area contributed by atoms with Crippen LogP contribution >= 0.6 is 0 Å². The number of allylic oxidation sites excluding steroid dienone is 1. The summed E-state index contributed by atoms with van der Waals surface area (Å²) in [6.07, 6.45) is 24.2. The topological polar surface area (TPSA) is 72.5 Å². The molecule has 0 radical (unpaired) electrons. The van der Waals surface area contributed by atoms with Crippen molar-refractivity contribution in [3.8, 4) is 0 Å². The second-order valence-corrected chi connectivity index (χ2v) is 13.3. The van der Waals surface area contributed by atoms with E-state index in [1.807, 2.05) is 0 Å². The molecule has 42 heavy (non-hydrogen) atoms. The molecule has 7 atom stereocenters. The highest BCUT2D eigenvalue weighted by Gasteiger charge is 2.43. The predicted molar refractivity (Wildman–Crippen MR) is 164 cm³/mol. The summed E-state index contributed by atoms with van der Waals surface area (Å²) in [5.41, 5.74) is 0. The monoisotopic (exact) mass is 592 g/mol. The molecule has 0 N–H and O–H groups in total. The van der Waals surface area contributed by atoms with Crippen LogP contribution in [0.5, 0.6) is 0 Å². The van der Waals surface area contributed by atoms with Crippen molar-refractivity contribution in [2.75, 3.05) is 33.0 Å². The summed E-state index contributed by atoms with van der Waals surface area (Å²) >= 11 is 0. The zero-order chi connectivity index (χ0) is 29.4. The van der Waals surface area contributed by atoms with Gasteiger partial charge in [-0.05, 0) is 107 Å². The zero-order valence-corrected chi connectivity index (χ0v) is 26.7. The smallest absolute Gasteiger partial charge is 0.332 e. The van der Waals surface area contributed by atoms with Crippen LogP contribution in [0.15, 0.2) is 12.2 Å². The highest BCUT2D eigenvalue weighted by atomic mass is 16.7. The van der Waals surface area contributed by atoms with Crippen LogP contribution in [0.25, 0.3) is 0 Å². The number of hydrogen-bond acceptors (Lipinski definition) is 7. The summed E-state index contributed by atoms with van der Waals surface area (Å²) < 4.78 is 36.3. The summed E-state index contributed by atoms with van der Waals surface area (Å²) in [4.78, 5) is 11.8. The summed E-state index contributed by atoms with van der Waals surface area (Å²) in [6.45, 7) is 7.05. The van der Waals surface area contributed by atoms with E-state index in [1.165, 1.54) is 44.9 Å². The quantitative estimate of drug-likeness (QED) is 0.0971. The molecular weight excluding hydrogens is 532 g/mol. The fraction of sp³-hybridized carbons (Fsp3) is 0.914. The molecule has 2 unspecified atom stereocenters. The first-order valence-corrected chi connectivity index (χ1v) is 17.6. The highest BCUT2D eigenvalue weighted by molar-refractivity contribution is 5.70. The molecule has 2 heterocycles. The van der Waals surface area contributed by atoms with Gasteiger partial charge in [-0.25, -0.2) is 4.79 Å². The minimum atomic E-state index is -0.278. The maximum atomic E-state index is 11.8. The maximum Gasteiger partial charge on any atom is 0.332 e. The Kier molecular flexibility index (Phi) is 15.7. The number of rotatable bonds is 17. The highest BCUT2D eigenvalue weighted by Crippen LogP contribution is 2.45. The van der Waals surface area contributed by atoms with Gasteiger partial charge in [0.05, 0.1) is 25.4 Å². The Hall–Kier alpha value is -0.990. The van der Waals surface area contributed by atoms with E-state index in [2.05, 4.69) is 26.0 Å². The van der Waals surface area contributed by atoms with Crippen LogP contribution in [-0.4, -0.2) is 63.8 Å². The molecule has 2 aliphatic heterocycles. The fourth-order valence-electron chi connectivity index (χ4n) is 7.59. The molecule has 2 saturated heterocycles. The molecule has 7 heteroatoms. The van der Waals surface area contributed by atoms with E-state index >= 15 is 0 Å². The van der Waals surface area contributed by atoms with Gasteiger partial charge in [0, 0.05) is 13.2 Å². The van der Waals surface area contributed by atoms with Gasteiger partial charge < -0.3 is 28.4 Å². The largest absolute Gasteiger partial charge is 0.464 e. The van der Waals surface area contributed by atoms with Crippen molar-refractivity contribution in [3.05, 3.63) is 12.2 Å². The van der Waals surface area contributed by atoms with Gasteiger partial charge in [0.15, 0.2) is 12.6 Å². The molecule has 0 aromatic carbocycles. The van der Waals surface area contributed by atoms with Crippen LogP contribution < -0.4 is 0 Å². The van der Waals surface area contributed by atoms with Crippen LogP contribution in [0.3, 0.4) is 0 Å². The molecule has 0 spiro atoms. The molecule has 0 aromatic rings. The van der Waals surface area contributed by atoms with Gasteiger partial charge >= 0.3 is 5.97 Å². The van der Waals surface area contributed by atoms with E-state index in [4.69, 9.17) is 28.4 Å². The molecule has 0 aromatic heterocycles. The first kappa shape index (κ1) is 33.9. The molecule has 0 amide bonds. The Labute approximate surface area is 255 Å². The van der Waals surface area contributed by atoms with Crippen molar-refractivity contribution in [1.82, 2.24) is 0 Å². The first-order valence-electron chi connectivity index (χ1n) is 17.6. The Morgan fingerprint density at radius 3 is 2.36 bits per heavy atom. The first-order chi connectivity index (χ1) is 20.6. The minimum absolute atomic E-state index is 0.0150. The number of carbonyl (C=O) groups is 1. The van der Waals surface area contributed by atoms with Gasteiger partial charge in [0.2, 0.25) is 0 Å². The second kappa shape index (κ2) is 19.4. The van der Waals surface area contributed by atoms with Crippen molar-refractivity contribution in [2.45, 2.75) is 148 Å². The lowest BCUT2D eigenvalue weighted by Crippen LogP contribution is -2.35. The summed E-state index contributed by atoms with van der Waals surface area (Å²) in [5.74, 6) is 1.98. The third-order valence-corrected chi connectivity index (χ3v) is 10.0. The molecular formula is C35H60O7. The van der Waals surface area contributed by atoms with E-state index in [1.54, 1.807) is 0 Å². The zero-order valence-electron chi connectivity index (χ0n) is 26.7. The Bertz CT molecular complexity index is 754. The molecule has 0 bridgehead atoms. The number of unbranched alkanes of at least 4 members (excludes halogenated alkanes) is 1. The molecule has 4 fully saturated rings. The lowest BCUT2D eigenvalue weighted by Gasteiger charge is -2.36. The lowest BCUT2D eigenvalue weighted by molar-refractivity contribution is -0.207. The van der Waals surface area contributed by atoms with Crippen molar-refractivity contribution in [1.29, 1.82) is 0 Å². The normalized spacial score (nSPS) is 31.9. The van der Waals surface area contributed by atoms with Crippen molar-refractivity contribution < 1.29 is 33.2 Å². The van der Waals surface area contributed by atoms with E-state index in [0.717, 1.165) is 77.4 Å². The number of ether oxygens (including phenoxy) is 6. The van der Waals surface area contributed by atoms with Crippen LogP contribution in [0, 0.1) is 23.7 Å². The average Bonchev–Trinajstić information content (AvgIpc) is 3.31. The predicted octanol–water partition coefficient (Wildman–Crippen LogP) is 7.75. The van der Waals surface area contributed by atoms with E-state index in [0.29, 0.717) is 36.9 Å². The molecule has 4 rings (SSSR count). The average molecular weight is 593 g/mol. The van der Waals surface area contributed by atoms with Gasteiger partial charge in [0.25, 0.3) is 0 Å². The van der Waals surface area contributed by atoms with Crippen LogP contribution in [0.4, 0.5) is 0 Å². The molecule has 242 valence electrons. The third kappa shape index (κ3) is 11.5. The molecule has 7 nitrogen and oxygen atoms in total. The van der Waals surface area contributed by atoms with Crippen LogP contribution in [0.1, 0.15) is 123 Å². The Morgan fingerprint density at radius 2 is 1.64 bits per heavy atom. The molecule has 2 saturated carbocycles. The van der Waals surface area contributed by atoms with Crippen LogP contribution in [-0.2, 0) is 33.2 Å². The number of esters is 1. The Balaban J connectivity index is 1.33. The molecule has 4 aliphatic rings. The van der Waals surface area contributed by atoms with Crippen molar-refractivity contribution in [3.63, 3.8) is 0 Å². The summed E-state index contributed by atoms with van der Waals surface area (Å²) in [5, 5.41) is 0. The summed E-state index contributed by atoms with van der Waals surface area (Å²) in [7, 11) is 0. The Morgan fingerprint density at radius 1 is 0.905 bits per heavy atom. The van der Waals surface area contributed by atoms with Gasteiger partial charge in [0.1, 0.15) is 6.61 Å². The van der Waals surface area contributed by atoms with Gasteiger partial charge in [-0.15, -0.1) is 0 Å². The fourth-order valence-corrected chi connectivity index (χ4v) is 7.59. The lowest BCUT2D eigenvalue weighted by atomic mass is 9.79. The molecule has 2 aliphatic carbocycles. The van der Waals surface area contributed by atoms with E-state index in [9.17, 15) is 4.79 Å². The number of hydrogen-bond donors (Lipinski definition) is 0. The second-order valence-electron chi connectivity index (χ2n) is 13.3. The standard InChI is InChI=1S/C35H60O7/c1-3-4-22-38-33(36)26-37-21-11-8-16-29-27(2)25-32(42-35-18-10-13-24-40-35)30(29)19-20-31(28-14-6-5-7-15-28)41-34-17-9-12-23-39-34/h8,11,27-32,34-35H,3-7,9-10,12-26H2,1-2H3/b11-8-/t27-,29-,30+,31+,32+,34?,35?/m0/s1. The van der Waals surface area contributed by atoms with Gasteiger partial charge in [-0.2, -0.15) is 0 Å². The van der Waals surface area contributed by atoms with Gasteiger partial charge in [-0.3, -0.25) is 0 Å². The van der Waals surface area contributed by atoms with Crippen molar-refractivity contribution in [2.24, 2.45) is 23.7 Å². The summed E-state index contributed by atoms with van der Waals surface area (Å²) in [6, 6.07) is 0. The maximum absolute atomic E-state index is 11.8. The van der Waals surface area contributed by atoms with E-state index in [-0.39, 0.29) is 37.4 Å². The van der Waals surface area contributed by atoms with E-state index < -0.39 is 0 Å². The SMILES string of the molecule is CCCCOC(=O)COC/C=C\C[C@@H]1[C@@H](CC[C@@H](OC2CCCCO2)C2CCCCC2)[C@H](OC2CCCCO2)C[C@@H]1C. The number of carbonyl (C=O) groups excluding carboxylic acids is 1. The van der Waals surface area contributed by atoms with Crippen molar-refractivity contribution >= 4 is 5.97 Å².